The van der Waals surface area contributed by atoms with Crippen LogP contribution in [0.1, 0.15) is 16.7 Å². The molecule has 2 aromatic rings. The van der Waals surface area contributed by atoms with Gasteiger partial charge in [0.25, 0.3) is 0 Å². The van der Waals surface area contributed by atoms with Gasteiger partial charge in [0.1, 0.15) is 5.71 Å². The third-order valence-electron chi connectivity index (χ3n) is 3.83. The molecule has 1 unspecified atom stereocenters. The van der Waals surface area contributed by atoms with E-state index >= 15 is 0 Å². The fraction of sp³-hybridized carbons (Fsp3) is 0.167. The summed E-state index contributed by atoms with van der Waals surface area (Å²) >= 11 is 0. The number of hydrazine groups is 1. The fourth-order valence-corrected chi connectivity index (χ4v) is 2.91. The summed E-state index contributed by atoms with van der Waals surface area (Å²) in [7, 11) is 0. The van der Waals surface area contributed by atoms with Crippen molar-refractivity contribution in [1.29, 1.82) is 0 Å². The van der Waals surface area contributed by atoms with E-state index in [0.717, 1.165) is 22.8 Å². The third kappa shape index (κ3) is 2.79. The minimum absolute atomic E-state index is 0.245. The molecule has 3 heterocycles. The van der Waals surface area contributed by atoms with Crippen LogP contribution in [0.4, 0.5) is 5.69 Å². The molecular weight excluding hydrogens is 300 g/mol. The quantitative estimate of drug-likeness (QED) is 0.913. The van der Waals surface area contributed by atoms with Crippen LogP contribution in [0.3, 0.4) is 0 Å². The van der Waals surface area contributed by atoms with Crippen molar-refractivity contribution < 1.29 is 0 Å². The van der Waals surface area contributed by atoms with Gasteiger partial charge >= 0.3 is 0 Å². The molecule has 0 aliphatic carbocycles. The van der Waals surface area contributed by atoms with E-state index in [9.17, 15) is 0 Å². The van der Waals surface area contributed by atoms with Gasteiger partial charge in [-0.1, -0.05) is 6.07 Å². The molecule has 1 atom stereocenters. The summed E-state index contributed by atoms with van der Waals surface area (Å²) in [5.41, 5.74) is 8.54. The predicted octanol–water partition coefficient (Wildman–Crippen LogP) is 2.59. The molecular formula is C18H18N6. The lowest BCUT2D eigenvalue weighted by molar-refractivity contribution is 0.401. The van der Waals surface area contributed by atoms with Crippen molar-refractivity contribution in [3.63, 3.8) is 0 Å². The Morgan fingerprint density at radius 3 is 2.75 bits per heavy atom. The highest BCUT2D eigenvalue weighted by molar-refractivity contribution is 6.48. The molecule has 2 aliphatic heterocycles. The van der Waals surface area contributed by atoms with E-state index in [1.165, 1.54) is 11.1 Å². The largest absolute Gasteiger partial charge is 0.350 e. The molecule has 0 fully saturated rings. The number of aryl methyl sites for hydroxylation is 2. The number of rotatable bonds is 3. The van der Waals surface area contributed by atoms with Crippen LogP contribution in [-0.2, 0) is 0 Å². The number of amidine groups is 1. The number of nitrogens with one attached hydrogen (secondary N) is 2. The lowest BCUT2D eigenvalue weighted by Crippen LogP contribution is -2.42. The number of anilines is 1. The van der Waals surface area contributed by atoms with Gasteiger partial charge < -0.3 is 5.32 Å². The Bertz CT molecular complexity index is 833. The van der Waals surface area contributed by atoms with Crippen molar-refractivity contribution >= 4 is 17.2 Å². The number of hydrogen-bond acceptors (Lipinski definition) is 6. The average molecular weight is 318 g/mol. The molecule has 1 aromatic carbocycles. The SMILES string of the molecule is Cc1cc(C)cc(NC2N=C3C(c4cccnc4)=NC=CN3N2)c1. The fourth-order valence-electron chi connectivity index (χ4n) is 2.91. The van der Waals surface area contributed by atoms with Crippen LogP contribution >= 0.6 is 0 Å². The third-order valence-corrected chi connectivity index (χ3v) is 3.83. The van der Waals surface area contributed by atoms with Gasteiger partial charge in [-0.15, -0.1) is 0 Å². The lowest BCUT2D eigenvalue weighted by Gasteiger charge is -2.21. The zero-order chi connectivity index (χ0) is 16.5. The minimum atomic E-state index is -0.245. The minimum Gasteiger partial charge on any atom is -0.350 e. The number of aliphatic imine (C=N–C) groups is 2. The molecule has 0 radical (unpaired) electrons. The summed E-state index contributed by atoms with van der Waals surface area (Å²) in [6, 6.07) is 10.2. The van der Waals surface area contributed by atoms with Crippen LogP contribution in [0.25, 0.3) is 0 Å². The molecule has 6 heteroatoms. The highest BCUT2D eigenvalue weighted by Gasteiger charge is 2.29. The van der Waals surface area contributed by atoms with Crippen molar-refractivity contribution in [2.45, 2.75) is 20.1 Å². The number of fused-ring (bicyclic) bond motifs is 1. The van der Waals surface area contributed by atoms with Crippen molar-refractivity contribution in [3.8, 4) is 0 Å². The topological polar surface area (TPSA) is 64.9 Å². The Hall–Kier alpha value is -2.99. The molecule has 0 amide bonds. The van der Waals surface area contributed by atoms with E-state index in [0.29, 0.717) is 0 Å². The van der Waals surface area contributed by atoms with E-state index in [1.807, 2.05) is 23.3 Å². The second-order valence-corrected chi connectivity index (χ2v) is 5.89. The predicted molar refractivity (Wildman–Crippen MR) is 95.7 cm³/mol. The maximum atomic E-state index is 4.73. The van der Waals surface area contributed by atoms with Gasteiger partial charge in [-0.05, 0) is 49.2 Å². The zero-order valence-corrected chi connectivity index (χ0v) is 13.6. The summed E-state index contributed by atoms with van der Waals surface area (Å²) in [6.45, 7) is 4.18. The van der Waals surface area contributed by atoms with E-state index in [2.05, 4.69) is 52.8 Å². The highest BCUT2D eigenvalue weighted by atomic mass is 15.6. The molecule has 1 aromatic heterocycles. The standard InChI is InChI=1S/C18H18N6/c1-12-8-13(2)10-15(9-12)21-18-22-17-16(14-4-3-5-19-11-14)20-6-7-24(17)23-18/h3-11,18,21,23H,1-2H3. The molecule has 0 spiro atoms. The molecule has 0 saturated carbocycles. The maximum Gasteiger partial charge on any atom is 0.193 e. The molecule has 2 N–H and O–H groups in total. The van der Waals surface area contributed by atoms with Crippen molar-refractivity contribution in [2.24, 2.45) is 9.98 Å². The van der Waals surface area contributed by atoms with E-state index < -0.39 is 0 Å². The summed E-state index contributed by atoms with van der Waals surface area (Å²) < 4.78 is 0. The number of pyridine rings is 1. The molecule has 24 heavy (non-hydrogen) atoms. The van der Waals surface area contributed by atoms with Crippen molar-refractivity contribution in [1.82, 2.24) is 15.4 Å². The molecule has 0 bridgehead atoms. The molecule has 0 saturated heterocycles. The highest BCUT2D eigenvalue weighted by Crippen LogP contribution is 2.18. The number of aromatic nitrogens is 1. The van der Waals surface area contributed by atoms with Crippen LogP contribution in [0, 0.1) is 13.8 Å². The molecule has 2 aliphatic rings. The van der Waals surface area contributed by atoms with Crippen LogP contribution in [-0.4, -0.2) is 27.8 Å². The summed E-state index contributed by atoms with van der Waals surface area (Å²) in [4.78, 5) is 13.4. The first kappa shape index (κ1) is 14.6. The molecule has 6 nitrogen and oxygen atoms in total. The van der Waals surface area contributed by atoms with Gasteiger partial charge in [0.2, 0.25) is 0 Å². The number of nitrogens with zero attached hydrogens (tertiary/aromatic N) is 4. The van der Waals surface area contributed by atoms with Crippen molar-refractivity contribution in [3.05, 3.63) is 71.8 Å². The molecule has 120 valence electrons. The second-order valence-electron chi connectivity index (χ2n) is 5.89. The van der Waals surface area contributed by atoms with Gasteiger partial charge in [0.05, 0.1) is 0 Å². The van der Waals surface area contributed by atoms with Gasteiger partial charge in [-0.25, -0.2) is 4.99 Å². The first-order chi connectivity index (χ1) is 11.7. The number of benzene rings is 1. The van der Waals surface area contributed by atoms with Gasteiger partial charge in [-0.2, -0.15) is 5.43 Å². The Morgan fingerprint density at radius 1 is 1.17 bits per heavy atom. The van der Waals surface area contributed by atoms with E-state index in [1.54, 1.807) is 18.6 Å². The Morgan fingerprint density at radius 2 is 2.00 bits per heavy atom. The Balaban J connectivity index is 1.60. The Labute approximate surface area is 140 Å². The van der Waals surface area contributed by atoms with Crippen LogP contribution < -0.4 is 10.7 Å². The molecule has 4 rings (SSSR count). The first-order valence-corrected chi connectivity index (χ1v) is 7.82. The van der Waals surface area contributed by atoms with E-state index in [-0.39, 0.29) is 6.29 Å². The Kier molecular flexibility index (Phi) is 3.59. The van der Waals surface area contributed by atoms with Crippen LogP contribution in [0.5, 0.6) is 0 Å². The normalized spacial score (nSPS) is 18.9. The van der Waals surface area contributed by atoms with Crippen LogP contribution in [0.2, 0.25) is 0 Å². The average Bonchev–Trinajstić information content (AvgIpc) is 2.96. The van der Waals surface area contributed by atoms with E-state index in [4.69, 9.17) is 4.99 Å². The zero-order valence-electron chi connectivity index (χ0n) is 13.6. The maximum absolute atomic E-state index is 4.73. The summed E-state index contributed by atoms with van der Waals surface area (Å²) in [6.07, 6.45) is 6.92. The van der Waals surface area contributed by atoms with Gasteiger partial charge in [0, 0.05) is 36.0 Å². The second kappa shape index (κ2) is 5.90. The number of hydrogen-bond donors (Lipinski definition) is 2. The summed E-state index contributed by atoms with van der Waals surface area (Å²) in [5.74, 6) is 0.785. The van der Waals surface area contributed by atoms with Crippen molar-refractivity contribution in [2.75, 3.05) is 5.32 Å². The summed E-state index contributed by atoms with van der Waals surface area (Å²) in [5, 5.41) is 5.29. The lowest BCUT2D eigenvalue weighted by atomic mass is 10.1. The monoisotopic (exact) mass is 318 g/mol. The van der Waals surface area contributed by atoms with Gasteiger partial charge in [0.15, 0.2) is 12.1 Å². The smallest absolute Gasteiger partial charge is 0.193 e. The van der Waals surface area contributed by atoms with Crippen LogP contribution in [0.15, 0.2) is 65.1 Å². The first-order valence-electron chi connectivity index (χ1n) is 7.82. The van der Waals surface area contributed by atoms with Gasteiger partial charge in [-0.3, -0.25) is 15.0 Å².